The van der Waals surface area contributed by atoms with Crippen LogP contribution in [0.5, 0.6) is 11.5 Å². The fourth-order valence-electron chi connectivity index (χ4n) is 3.13. The minimum Gasteiger partial charge on any atom is -0.457 e. The Morgan fingerprint density at radius 2 is 1.47 bits per heavy atom. The summed E-state index contributed by atoms with van der Waals surface area (Å²) in [5.41, 5.74) is 3.46. The fraction of sp³-hybridized carbons (Fsp3) is 0.222. The van der Waals surface area contributed by atoms with Crippen molar-refractivity contribution in [3.63, 3.8) is 0 Å². The Labute approximate surface area is 223 Å². The molecular weight excluding hydrogens is 548 g/mol. The number of carbonyl (C=O) groups excluding carboxylic acids is 3. The molecule has 0 aromatic heterocycles. The molecule has 0 saturated heterocycles. The molecule has 0 aliphatic carbocycles. The highest BCUT2D eigenvalue weighted by molar-refractivity contribution is 9.10. The summed E-state index contributed by atoms with van der Waals surface area (Å²) in [6.07, 6.45) is 0.454. The summed E-state index contributed by atoms with van der Waals surface area (Å²) < 4.78 is 11.5. The van der Waals surface area contributed by atoms with Crippen molar-refractivity contribution in [3.05, 3.63) is 81.3 Å². The number of amides is 2. The van der Waals surface area contributed by atoms with Gasteiger partial charge in [0.05, 0.1) is 5.02 Å². The Bertz CT molecular complexity index is 1250. The highest BCUT2D eigenvalue weighted by Crippen LogP contribution is 2.26. The molecule has 0 fully saturated rings. The van der Waals surface area contributed by atoms with Crippen LogP contribution in [0.2, 0.25) is 5.02 Å². The van der Waals surface area contributed by atoms with Crippen molar-refractivity contribution in [1.82, 2.24) is 0 Å². The number of halogens is 2. The standard InChI is InChI=1S/C27H26BrClN2O5/c1-17-6-10-22(14-18(17)2)36-21-11-7-19(8-12-21)30-25(32)4-3-5-27(34)35-16-26(33)31-20-9-13-23(28)24(29)15-20/h6-15H,3-5,16H2,1-2H3,(H,30,32)(H,31,33). The minimum atomic E-state index is -0.556. The molecule has 0 saturated carbocycles. The molecule has 3 aromatic rings. The molecule has 0 spiro atoms. The Kier molecular flexibility index (Phi) is 9.90. The van der Waals surface area contributed by atoms with Gasteiger partial charge in [-0.05, 0) is 102 Å². The molecule has 36 heavy (non-hydrogen) atoms. The lowest BCUT2D eigenvalue weighted by Crippen LogP contribution is -2.21. The smallest absolute Gasteiger partial charge is 0.306 e. The van der Waals surface area contributed by atoms with Gasteiger partial charge in [-0.15, -0.1) is 0 Å². The molecule has 3 aromatic carbocycles. The molecule has 2 N–H and O–H groups in total. The van der Waals surface area contributed by atoms with Crippen LogP contribution in [-0.2, 0) is 19.1 Å². The Morgan fingerprint density at radius 1 is 0.806 bits per heavy atom. The Morgan fingerprint density at radius 3 is 2.17 bits per heavy atom. The van der Waals surface area contributed by atoms with Crippen LogP contribution in [-0.4, -0.2) is 24.4 Å². The topological polar surface area (TPSA) is 93.7 Å². The zero-order valence-electron chi connectivity index (χ0n) is 19.9. The van der Waals surface area contributed by atoms with Gasteiger partial charge < -0.3 is 20.1 Å². The summed E-state index contributed by atoms with van der Waals surface area (Å²) in [4.78, 5) is 36.0. The van der Waals surface area contributed by atoms with Crippen molar-refractivity contribution in [2.24, 2.45) is 0 Å². The first-order valence-corrected chi connectivity index (χ1v) is 12.4. The molecule has 9 heteroatoms. The summed E-state index contributed by atoms with van der Waals surface area (Å²) in [7, 11) is 0. The van der Waals surface area contributed by atoms with Gasteiger partial charge in [-0.2, -0.15) is 0 Å². The van der Waals surface area contributed by atoms with E-state index in [1.54, 1.807) is 42.5 Å². The predicted molar refractivity (Wildman–Crippen MR) is 144 cm³/mol. The second-order valence-electron chi connectivity index (χ2n) is 8.11. The van der Waals surface area contributed by atoms with Crippen molar-refractivity contribution in [1.29, 1.82) is 0 Å². The zero-order valence-corrected chi connectivity index (χ0v) is 22.2. The van der Waals surface area contributed by atoms with Crippen molar-refractivity contribution in [2.45, 2.75) is 33.1 Å². The van der Waals surface area contributed by atoms with Gasteiger partial charge in [0, 0.05) is 28.7 Å². The van der Waals surface area contributed by atoms with E-state index in [9.17, 15) is 14.4 Å². The lowest BCUT2D eigenvalue weighted by Gasteiger charge is -2.10. The fourth-order valence-corrected chi connectivity index (χ4v) is 3.55. The van der Waals surface area contributed by atoms with Gasteiger partial charge in [0.2, 0.25) is 5.91 Å². The maximum absolute atomic E-state index is 12.2. The maximum Gasteiger partial charge on any atom is 0.306 e. The minimum absolute atomic E-state index is 0.0214. The number of nitrogens with one attached hydrogen (secondary N) is 2. The molecule has 0 aliphatic rings. The van der Waals surface area contributed by atoms with Crippen molar-refractivity contribution >= 4 is 56.7 Å². The molecule has 2 amide bonds. The number of ether oxygens (including phenoxy) is 2. The van der Waals surface area contributed by atoms with Crippen LogP contribution in [0.25, 0.3) is 0 Å². The summed E-state index contributed by atoms with van der Waals surface area (Å²) >= 11 is 9.25. The van der Waals surface area contributed by atoms with Crippen LogP contribution in [0.15, 0.2) is 65.1 Å². The van der Waals surface area contributed by atoms with E-state index in [4.69, 9.17) is 21.1 Å². The maximum atomic E-state index is 12.2. The summed E-state index contributed by atoms with van der Waals surface area (Å²) in [6.45, 7) is 3.65. The quantitative estimate of drug-likeness (QED) is 0.260. The van der Waals surface area contributed by atoms with Crippen LogP contribution in [0, 0.1) is 13.8 Å². The SMILES string of the molecule is Cc1ccc(Oc2ccc(NC(=O)CCCC(=O)OCC(=O)Nc3ccc(Br)c(Cl)c3)cc2)cc1C. The second-order valence-corrected chi connectivity index (χ2v) is 9.37. The highest BCUT2D eigenvalue weighted by Gasteiger charge is 2.11. The zero-order chi connectivity index (χ0) is 26.1. The van der Waals surface area contributed by atoms with Crippen molar-refractivity contribution in [3.8, 4) is 11.5 Å². The molecule has 3 rings (SSSR count). The third-order valence-electron chi connectivity index (χ3n) is 5.20. The summed E-state index contributed by atoms with van der Waals surface area (Å²) in [5.74, 6) is 0.141. The summed E-state index contributed by atoms with van der Waals surface area (Å²) in [6, 6.07) is 17.9. The molecule has 0 unspecified atom stereocenters. The lowest BCUT2D eigenvalue weighted by molar-refractivity contribution is -0.147. The molecule has 7 nitrogen and oxygen atoms in total. The lowest BCUT2D eigenvalue weighted by atomic mass is 10.1. The first kappa shape index (κ1) is 27.2. The van der Waals surface area contributed by atoms with E-state index in [1.807, 2.05) is 32.0 Å². The van der Waals surface area contributed by atoms with Crippen LogP contribution in [0.1, 0.15) is 30.4 Å². The Balaban J connectivity index is 1.34. The number of benzene rings is 3. The second kappa shape index (κ2) is 13.1. The average molecular weight is 574 g/mol. The van der Waals surface area contributed by atoms with Gasteiger partial charge in [-0.25, -0.2) is 0 Å². The molecule has 0 heterocycles. The van der Waals surface area contributed by atoms with Crippen LogP contribution < -0.4 is 15.4 Å². The first-order valence-electron chi connectivity index (χ1n) is 11.2. The van der Waals surface area contributed by atoms with Crippen molar-refractivity contribution in [2.75, 3.05) is 17.2 Å². The van der Waals surface area contributed by atoms with E-state index in [2.05, 4.69) is 26.6 Å². The molecule has 0 aliphatic heterocycles. The monoisotopic (exact) mass is 572 g/mol. The van der Waals surface area contributed by atoms with E-state index in [-0.39, 0.29) is 18.7 Å². The molecule has 188 valence electrons. The summed E-state index contributed by atoms with van der Waals surface area (Å²) in [5, 5.41) is 5.83. The largest absolute Gasteiger partial charge is 0.457 e. The molecule has 0 bridgehead atoms. The van der Waals surface area contributed by atoms with Gasteiger partial charge in [0.15, 0.2) is 6.61 Å². The van der Waals surface area contributed by atoms with Gasteiger partial charge in [0.25, 0.3) is 5.91 Å². The number of hydrogen-bond donors (Lipinski definition) is 2. The van der Waals surface area contributed by atoms with Crippen LogP contribution in [0.3, 0.4) is 0 Å². The number of anilines is 2. The molecular formula is C27H26BrClN2O5. The van der Waals surface area contributed by atoms with Gasteiger partial charge in [-0.3, -0.25) is 14.4 Å². The van der Waals surface area contributed by atoms with Gasteiger partial charge in [-0.1, -0.05) is 17.7 Å². The van der Waals surface area contributed by atoms with Crippen LogP contribution in [0.4, 0.5) is 11.4 Å². The number of carbonyl (C=O) groups is 3. The molecule has 0 atom stereocenters. The van der Waals surface area contributed by atoms with E-state index < -0.39 is 18.5 Å². The third kappa shape index (κ3) is 8.70. The normalized spacial score (nSPS) is 10.4. The van der Waals surface area contributed by atoms with E-state index in [1.165, 1.54) is 5.56 Å². The third-order valence-corrected chi connectivity index (χ3v) is 6.44. The highest BCUT2D eigenvalue weighted by atomic mass is 79.9. The predicted octanol–water partition coefficient (Wildman–Crippen LogP) is 6.80. The number of esters is 1. The number of aryl methyl sites for hydroxylation is 2. The van der Waals surface area contributed by atoms with Gasteiger partial charge >= 0.3 is 5.97 Å². The number of rotatable bonds is 10. The van der Waals surface area contributed by atoms with E-state index in [0.29, 0.717) is 33.0 Å². The van der Waals surface area contributed by atoms with Crippen LogP contribution >= 0.6 is 27.5 Å². The molecule has 0 radical (unpaired) electrons. The van der Waals surface area contributed by atoms with E-state index in [0.717, 1.165) is 11.3 Å². The average Bonchev–Trinajstić information content (AvgIpc) is 2.84. The number of hydrogen-bond acceptors (Lipinski definition) is 5. The first-order chi connectivity index (χ1) is 17.2. The van der Waals surface area contributed by atoms with Crippen molar-refractivity contribution < 1.29 is 23.9 Å². The van der Waals surface area contributed by atoms with E-state index >= 15 is 0 Å². The van der Waals surface area contributed by atoms with Gasteiger partial charge in [0.1, 0.15) is 11.5 Å². The Hall–Kier alpha value is -3.36.